The normalized spacial score (nSPS) is 10.9. The minimum Gasteiger partial charge on any atom is -0.496 e. The molecular weight excluding hydrogens is 228 g/mol. The summed E-state index contributed by atoms with van der Waals surface area (Å²) in [4.78, 5) is 0. The van der Waals surface area contributed by atoms with Crippen molar-refractivity contribution in [3.8, 4) is 5.75 Å². The first-order valence-corrected chi connectivity index (χ1v) is 5.98. The van der Waals surface area contributed by atoms with Crippen LogP contribution in [-0.2, 0) is 6.42 Å². The number of nitrogen functional groups attached to an aromatic ring is 1. The van der Waals surface area contributed by atoms with Gasteiger partial charge in [0.15, 0.2) is 0 Å². The molecule has 4 nitrogen and oxygen atoms in total. The highest BCUT2D eigenvalue weighted by atomic mass is 16.5. The molecule has 0 saturated heterocycles. The molecule has 0 atom stereocenters. The largest absolute Gasteiger partial charge is 0.496 e. The number of anilines is 1. The van der Waals surface area contributed by atoms with Gasteiger partial charge in [-0.1, -0.05) is 31.1 Å². The van der Waals surface area contributed by atoms with Gasteiger partial charge >= 0.3 is 0 Å². The van der Waals surface area contributed by atoms with E-state index in [9.17, 15) is 0 Å². The van der Waals surface area contributed by atoms with E-state index in [0.717, 1.165) is 17.0 Å². The number of methoxy groups -OCH3 is 1. The highest BCUT2D eigenvalue weighted by molar-refractivity contribution is 5.41. The first-order chi connectivity index (χ1) is 8.60. The minimum absolute atomic E-state index is 0.337. The zero-order valence-corrected chi connectivity index (χ0v) is 10.9. The first-order valence-electron chi connectivity index (χ1n) is 5.98. The van der Waals surface area contributed by atoms with Crippen molar-refractivity contribution in [3.63, 3.8) is 0 Å². The van der Waals surface area contributed by atoms with Crippen LogP contribution in [0.3, 0.4) is 0 Å². The fraction of sp³-hybridized carbons (Fsp3) is 0.357. The van der Waals surface area contributed by atoms with Gasteiger partial charge in [-0.2, -0.15) is 0 Å². The van der Waals surface area contributed by atoms with Crippen molar-refractivity contribution in [2.45, 2.75) is 26.2 Å². The Balaban J connectivity index is 2.32. The van der Waals surface area contributed by atoms with E-state index in [0.29, 0.717) is 18.2 Å². The van der Waals surface area contributed by atoms with Gasteiger partial charge in [0, 0.05) is 18.1 Å². The second-order valence-corrected chi connectivity index (χ2v) is 4.62. The number of hydrogen-bond acceptors (Lipinski definition) is 4. The van der Waals surface area contributed by atoms with Crippen molar-refractivity contribution in [2.24, 2.45) is 0 Å². The predicted octanol–water partition coefficient (Wildman–Crippen LogP) is 2.98. The van der Waals surface area contributed by atoms with Gasteiger partial charge in [-0.3, -0.25) is 0 Å². The molecule has 0 amide bonds. The van der Waals surface area contributed by atoms with Crippen LogP contribution in [0.5, 0.6) is 5.75 Å². The summed E-state index contributed by atoms with van der Waals surface area (Å²) in [6, 6.07) is 7.97. The Morgan fingerprint density at radius 2 is 2.11 bits per heavy atom. The Labute approximate surface area is 107 Å². The average molecular weight is 246 g/mol. The van der Waals surface area contributed by atoms with Crippen molar-refractivity contribution < 1.29 is 9.26 Å². The van der Waals surface area contributed by atoms with E-state index in [2.05, 4.69) is 31.1 Å². The van der Waals surface area contributed by atoms with E-state index < -0.39 is 0 Å². The van der Waals surface area contributed by atoms with Crippen molar-refractivity contribution in [1.82, 2.24) is 5.16 Å². The van der Waals surface area contributed by atoms with Gasteiger partial charge in [-0.25, -0.2) is 0 Å². The molecule has 4 heteroatoms. The first kappa shape index (κ1) is 12.5. The molecule has 0 aliphatic rings. The molecule has 1 heterocycles. The average Bonchev–Trinajstić information content (AvgIpc) is 2.74. The molecule has 1 aromatic carbocycles. The van der Waals surface area contributed by atoms with E-state index >= 15 is 0 Å². The number of aromatic nitrogens is 1. The summed E-state index contributed by atoms with van der Waals surface area (Å²) in [6.45, 7) is 4.33. The quantitative estimate of drug-likeness (QED) is 0.900. The molecule has 96 valence electrons. The number of benzene rings is 1. The van der Waals surface area contributed by atoms with Gasteiger partial charge in [0.25, 0.3) is 0 Å². The van der Waals surface area contributed by atoms with Crippen LogP contribution in [0.25, 0.3) is 0 Å². The number of nitrogens with zero attached hydrogens (tertiary/aromatic N) is 1. The molecule has 0 radical (unpaired) electrons. The van der Waals surface area contributed by atoms with Gasteiger partial charge in [-0.15, -0.1) is 0 Å². The Morgan fingerprint density at radius 1 is 1.33 bits per heavy atom. The van der Waals surface area contributed by atoms with Gasteiger partial charge in [0.1, 0.15) is 5.75 Å². The lowest BCUT2D eigenvalue weighted by atomic mass is 9.98. The molecule has 2 rings (SSSR count). The maximum absolute atomic E-state index is 5.52. The summed E-state index contributed by atoms with van der Waals surface area (Å²) >= 11 is 0. The standard InChI is InChI=1S/C14H18N2O2/c1-9(2)10-4-5-13(17-3)11(6-10)7-12-8-14(15)18-16-12/h4-6,8-9H,7,15H2,1-3H3. The summed E-state index contributed by atoms with van der Waals surface area (Å²) in [5.41, 5.74) is 8.71. The monoisotopic (exact) mass is 246 g/mol. The van der Waals surface area contributed by atoms with Crippen LogP contribution >= 0.6 is 0 Å². The third-order valence-electron chi connectivity index (χ3n) is 2.92. The second-order valence-electron chi connectivity index (χ2n) is 4.62. The third-order valence-corrected chi connectivity index (χ3v) is 2.92. The maximum atomic E-state index is 5.52. The maximum Gasteiger partial charge on any atom is 0.222 e. The minimum atomic E-state index is 0.337. The molecule has 0 saturated carbocycles. The molecule has 1 aromatic heterocycles. The Bertz CT molecular complexity index is 532. The van der Waals surface area contributed by atoms with Crippen LogP contribution in [0, 0.1) is 0 Å². The van der Waals surface area contributed by atoms with Crippen LogP contribution in [0.1, 0.15) is 36.6 Å². The summed E-state index contributed by atoms with van der Waals surface area (Å²) in [5.74, 6) is 1.68. The number of nitrogens with two attached hydrogens (primary N) is 1. The number of ether oxygens (including phenoxy) is 1. The highest BCUT2D eigenvalue weighted by Gasteiger charge is 2.10. The number of rotatable bonds is 4. The SMILES string of the molecule is COc1ccc(C(C)C)cc1Cc1cc(N)on1. The molecule has 2 aromatic rings. The van der Waals surface area contributed by atoms with E-state index in [-0.39, 0.29) is 0 Å². The van der Waals surface area contributed by atoms with Crippen LogP contribution in [-0.4, -0.2) is 12.3 Å². The van der Waals surface area contributed by atoms with Crippen LogP contribution in [0.4, 0.5) is 5.88 Å². The summed E-state index contributed by atoms with van der Waals surface area (Å²) < 4.78 is 10.2. The molecule has 0 aliphatic heterocycles. The molecule has 2 N–H and O–H groups in total. The summed E-state index contributed by atoms with van der Waals surface area (Å²) in [6.07, 6.45) is 0.657. The van der Waals surface area contributed by atoms with Crippen LogP contribution in [0.2, 0.25) is 0 Å². The van der Waals surface area contributed by atoms with Gasteiger partial charge < -0.3 is 15.0 Å². The van der Waals surface area contributed by atoms with Crippen LogP contribution < -0.4 is 10.5 Å². The Morgan fingerprint density at radius 3 is 2.67 bits per heavy atom. The van der Waals surface area contributed by atoms with Crippen molar-refractivity contribution in [1.29, 1.82) is 0 Å². The lowest BCUT2D eigenvalue weighted by Crippen LogP contribution is -1.97. The third kappa shape index (κ3) is 2.64. The van der Waals surface area contributed by atoms with Crippen LogP contribution in [0.15, 0.2) is 28.8 Å². The fourth-order valence-electron chi connectivity index (χ4n) is 1.90. The van der Waals surface area contributed by atoms with Gasteiger partial charge in [0.05, 0.1) is 12.8 Å². The van der Waals surface area contributed by atoms with Gasteiger partial charge in [0.2, 0.25) is 5.88 Å². The zero-order chi connectivity index (χ0) is 13.1. The van der Waals surface area contributed by atoms with E-state index in [1.54, 1.807) is 13.2 Å². The molecular formula is C14H18N2O2. The van der Waals surface area contributed by atoms with Gasteiger partial charge in [-0.05, 0) is 17.5 Å². The molecule has 0 aliphatic carbocycles. The zero-order valence-electron chi connectivity index (χ0n) is 10.9. The van der Waals surface area contributed by atoms with E-state index in [1.807, 2.05) is 6.07 Å². The molecule has 0 spiro atoms. The lowest BCUT2D eigenvalue weighted by molar-refractivity contribution is 0.408. The second kappa shape index (κ2) is 5.12. The number of hydrogen-bond donors (Lipinski definition) is 1. The Hall–Kier alpha value is -1.97. The fourth-order valence-corrected chi connectivity index (χ4v) is 1.90. The van der Waals surface area contributed by atoms with E-state index in [4.69, 9.17) is 15.0 Å². The Kier molecular flexibility index (Phi) is 3.55. The van der Waals surface area contributed by atoms with Crippen molar-refractivity contribution >= 4 is 5.88 Å². The molecule has 18 heavy (non-hydrogen) atoms. The topological polar surface area (TPSA) is 61.3 Å². The highest BCUT2D eigenvalue weighted by Crippen LogP contribution is 2.26. The van der Waals surface area contributed by atoms with E-state index in [1.165, 1.54) is 5.56 Å². The molecule has 0 bridgehead atoms. The molecule has 0 unspecified atom stereocenters. The smallest absolute Gasteiger partial charge is 0.222 e. The van der Waals surface area contributed by atoms with Crippen molar-refractivity contribution in [3.05, 3.63) is 41.1 Å². The summed E-state index contributed by atoms with van der Waals surface area (Å²) in [5, 5.41) is 3.91. The predicted molar refractivity (Wildman–Crippen MR) is 70.8 cm³/mol. The lowest BCUT2D eigenvalue weighted by Gasteiger charge is -2.11. The van der Waals surface area contributed by atoms with Crippen molar-refractivity contribution in [2.75, 3.05) is 12.8 Å². The molecule has 0 fully saturated rings. The summed E-state index contributed by atoms with van der Waals surface area (Å²) in [7, 11) is 1.67.